The van der Waals surface area contributed by atoms with Gasteiger partial charge in [-0.1, -0.05) is 26.0 Å². The highest BCUT2D eigenvalue weighted by atomic mass is 32.2. The van der Waals surface area contributed by atoms with Crippen LogP contribution < -0.4 is 10.1 Å². The van der Waals surface area contributed by atoms with Gasteiger partial charge in [-0.2, -0.15) is 4.31 Å². The molecule has 2 rings (SSSR count). The van der Waals surface area contributed by atoms with E-state index in [1.807, 2.05) is 24.3 Å². The monoisotopic (exact) mass is 390 g/mol. The molecule has 0 saturated heterocycles. The van der Waals surface area contributed by atoms with Gasteiger partial charge in [0.2, 0.25) is 15.9 Å². The largest absolute Gasteiger partial charge is 0.497 e. The summed E-state index contributed by atoms with van der Waals surface area (Å²) >= 11 is 0. The first kappa shape index (κ1) is 20.9. The average molecular weight is 391 g/mol. The highest BCUT2D eigenvalue weighted by molar-refractivity contribution is 7.89. The van der Waals surface area contributed by atoms with Gasteiger partial charge in [-0.3, -0.25) is 4.79 Å². The van der Waals surface area contributed by atoms with E-state index in [2.05, 4.69) is 19.2 Å². The minimum absolute atomic E-state index is 0.108. The van der Waals surface area contributed by atoms with Gasteiger partial charge in [0.25, 0.3) is 0 Å². The number of hydrogen-bond donors (Lipinski definition) is 1. The molecule has 7 heteroatoms. The lowest BCUT2D eigenvalue weighted by molar-refractivity contribution is -0.116. The van der Waals surface area contributed by atoms with Crippen LogP contribution in [0.4, 0.5) is 5.69 Å². The van der Waals surface area contributed by atoms with Gasteiger partial charge in [0, 0.05) is 12.7 Å². The van der Waals surface area contributed by atoms with Crippen molar-refractivity contribution in [3.63, 3.8) is 0 Å². The van der Waals surface area contributed by atoms with E-state index in [1.54, 1.807) is 12.1 Å². The van der Waals surface area contributed by atoms with Gasteiger partial charge in [0.05, 0.1) is 18.6 Å². The molecule has 2 aromatic rings. The van der Waals surface area contributed by atoms with Gasteiger partial charge in [-0.05, 0) is 54.3 Å². The lowest BCUT2D eigenvalue weighted by atomic mass is 9.99. The van der Waals surface area contributed by atoms with Crippen LogP contribution in [0, 0.1) is 0 Å². The second kappa shape index (κ2) is 9.01. The molecule has 1 amide bonds. The molecule has 146 valence electrons. The fourth-order valence-electron chi connectivity index (χ4n) is 2.55. The van der Waals surface area contributed by atoms with E-state index in [9.17, 15) is 13.2 Å². The second-order valence-corrected chi connectivity index (χ2v) is 8.46. The van der Waals surface area contributed by atoms with E-state index >= 15 is 0 Å². The minimum Gasteiger partial charge on any atom is -0.497 e. The zero-order valence-electron chi connectivity index (χ0n) is 16.1. The summed E-state index contributed by atoms with van der Waals surface area (Å²) in [6.45, 7) is 3.99. The van der Waals surface area contributed by atoms with Crippen molar-refractivity contribution in [2.24, 2.45) is 0 Å². The van der Waals surface area contributed by atoms with Crippen LogP contribution in [0.3, 0.4) is 0 Å². The number of ether oxygens (including phenoxy) is 1. The molecule has 0 aliphatic heterocycles. The standard InChI is InChI=1S/C20H26N2O4S/c1-5-15(2)16-6-8-17(9-7-16)21-20(23)14-22(3)27(24,25)19-12-10-18(26-4)11-13-19/h6-13,15H,5,14H2,1-4H3,(H,21,23). The van der Waals surface area contributed by atoms with Gasteiger partial charge >= 0.3 is 0 Å². The summed E-state index contributed by atoms with van der Waals surface area (Å²) in [5.41, 5.74) is 1.84. The van der Waals surface area contributed by atoms with Crippen LogP contribution in [0.2, 0.25) is 0 Å². The van der Waals surface area contributed by atoms with Crippen molar-refractivity contribution in [2.45, 2.75) is 31.1 Å². The van der Waals surface area contributed by atoms with Gasteiger partial charge in [0.15, 0.2) is 0 Å². The Morgan fingerprint density at radius 2 is 1.70 bits per heavy atom. The molecule has 1 atom stereocenters. The third kappa shape index (κ3) is 5.30. The van der Waals surface area contributed by atoms with E-state index < -0.39 is 15.9 Å². The molecule has 0 radical (unpaired) electrons. The molecule has 1 N–H and O–H groups in total. The van der Waals surface area contributed by atoms with Crippen molar-refractivity contribution < 1.29 is 17.9 Å². The fraction of sp³-hybridized carbons (Fsp3) is 0.350. The van der Waals surface area contributed by atoms with Crippen molar-refractivity contribution in [1.82, 2.24) is 4.31 Å². The molecule has 0 bridgehead atoms. The summed E-state index contributed by atoms with van der Waals surface area (Å²) in [5, 5.41) is 2.73. The number of amides is 1. The number of rotatable bonds is 8. The predicted molar refractivity (Wildman–Crippen MR) is 107 cm³/mol. The Bertz CT molecular complexity index is 862. The number of anilines is 1. The first-order chi connectivity index (χ1) is 12.8. The van der Waals surface area contributed by atoms with Crippen molar-refractivity contribution in [3.8, 4) is 5.75 Å². The van der Waals surface area contributed by atoms with Crippen LogP contribution in [0.5, 0.6) is 5.75 Å². The van der Waals surface area contributed by atoms with Gasteiger partial charge < -0.3 is 10.1 Å². The summed E-state index contributed by atoms with van der Waals surface area (Å²) in [6.07, 6.45) is 1.04. The average Bonchev–Trinajstić information content (AvgIpc) is 2.67. The third-order valence-corrected chi connectivity index (χ3v) is 6.33. The molecular formula is C20H26N2O4S. The number of nitrogens with one attached hydrogen (secondary N) is 1. The number of methoxy groups -OCH3 is 1. The maximum Gasteiger partial charge on any atom is 0.243 e. The molecule has 0 aromatic heterocycles. The van der Waals surface area contributed by atoms with E-state index in [0.717, 1.165) is 10.7 Å². The Morgan fingerprint density at radius 3 is 2.22 bits per heavy atom. The second-order valence-electron chi connectivity index (χ2n) is 6.42. The Hall–Kier alpha value is -2.38. The van der Waals surface area contributed by atoms with Gasteiger partial charge in [-0.15, -0.1) is 0 Å². The normalized spacial score (nSPS) is 12.6. The van der Waals surface area contributed by atoms with E-state index in [-0.39, 0.29) is 11.4 Å². The molecule has 2 aromatic carbocycles. The first-order valence-corrected chi connectivity index (χ1v) is 10.2. The van der Waals surface area contributed by atoms with Crippen molar-refractivity contribution in [3.05, 3.63) is 54.1 Å². The Morgan fingerprint density at radius 1 is 1.11 bits per heavy atom. The Labute approximate surface area is 161 Å². The molecule has 0 saturated carbocycles. The fourth-order valence-corrected chi connectivity index (χ4v) is 3.67. The van der Waals surface area contributed by atoms with Gasteiger partial charge in [-0.25, -0.2) is 8.42 Å². The molecule has 0 spiro atoms. The van der Waals surface area contributed by atoms with Crippen LogP contribution in [-0.2, 0) is 14.8 Å². The summed E-state index contributed by atoms with van der Waals surface area (Å²) < 4.78 is 31.2. The highest BCUT2D eigenvalue weighted by Crippen LogP contribution is 2.21. The number of benzene rings is 2. The Kier molecular flexibility index (Phi) is 6.98. The van der Waals surface area contributed by atoms with E-state index in [0.29, 0.717) is 17.4 Å². The molecular weight excluding hydrogens is 364 g/mol. The number of likely N-dealkylation sites (N-methyl/N-ethyl adjacent to an activating group) is 1. The molecule has 0 aliphatic rings. The zero-order valence-corrected chi connectivity index (χ0v) is 16.9. The van der Waals surface area contributed by atoms with Crippen LogP contribution in [0.1, 0.15) is 31.7 Å². The smallest absolute Gasteiger partial charge is 0.243 e. The Balaban J connectivity index is 2.01. The molecule has 6 nitrogen and oxygen atoms in total. The van der Waals surface area contributed by atoms with Gasteiger partial charge in [0.1, 0.15) is 5.75 Å². The van der Waals surface area contributed by atoms with Crippen molar-refractivity contribution in [1.29, 1.82) is 0 Å². The van der Waals surface area contributed by atoms with Crippen LogP contribution in [0.25, 0.3) is 0 Å². The summed E-state index contributed by atoms with van der Waals surface area (Å²) in [6, 6.07) is 13.7. The number of hydrogen-bond acceptors (Lipinski definition) is 4. The van der Waals surface area contributed by atoms with Crippen LogP contribution >= 0.6 is 0 Å². The maximum atomic E-state index is 12.6. The van der Waals surface area contributed by atoms with Crippen LogP contribution in [-0.4, -0.2) is 39.3 Å². The SMILES string of the molecule is CCC(C)c1ccc(NC(=O)CN(C)S(=O)(=O)c2ccc(OC)cc2)cc1. The number of carbonyl (C=O) groups excluding carboxylic acids is 1. The zero-order chi connectivity index (χ0) is 20.0. The van der Waals surface area contributed by atoms with Crippen molar-refractivity contribution >= 4 is 21.6 Å². The summed E-state index contributed by atoms with van der Waals surface area (Å²) in [5.74, 6) is 0.622. The number of sulfonamides is 1. The van der Waals surface area contributed by atoms with Crippen molar-refractivity contribution in [2.75, 3.05) is 26.0 Å². The molecule has 1 unspecified atom stereocenters. The highest BCUT2D eigenvalue weighted by Gasteiger charge is 2.23. The molecule has 0 heterocycles. The van der Waals surface area contributed by atoms with E-state index in [4.69, 9.17) is 4.74 Å². The lowest BCUT2D eigenvalue weighted by Crippen LogP contribution is -2.34. The predicted octanol–water partition coefficient (Wildman–Crippen LogP) is 3.47. The maximum absolute atomic E-state index is 12.6. The first-order valence-electron chi connectivity index (χ1n) is 8.78. The molecule has 0 fully saturated rings. The van der Waals surface area contributed by atoms with E-state index in [1.165, 1.54) is 31.9 Å². The molecule has 27 heavy (non-hydrogen) atoms. The lowest BCUT2D eigenvalue weighted by Gasteiger charge is -2.17. The molecule has 0 aliphatic carbocycles. The summed E-state index contributed by atoms with van der Waals surface area (Å²) in [7, 11) is -0.866. The van der Waals surface area contributed by atoms with Crippen LogP contribution in [0.15, 0.2) is 53.4 Å². The third-order valence-electron chi connectivity index (χ3n) is 4.51. The minimum atomic E-state index is -3.76. The summed E-state index contributed by atoms with van der Waals surface area (Å²) in [4.78, 5) is 12.3. The number of carbonyl (C=O) groups is 1. The topological polar surface area (TPSA) is 75.7 Å². The quantitative estimate of drug-likeness (QED) is 0.749. The number of nitrogens with zero attached hydrogens (tertiary/aromatic N) is 1.